The van der Waals surface area contributed by atoms with E-state index in [1.54, 1.807) is 0 Å². The molecule has 1 unspecified atom stereocenters. The summed E-state index contributed by atoms with van der Waals surface area (Å²) in [6, 6.07) is 0. The van der Waals surface area contributed by atoms with Gasteiger partial charge >= 0.3 is 0 Å². The van der Waals surface area contributed by atoms with Crippen LogP contribution in [0.5, 0.6) is 0 Å². The lowest BCUT2D eigenvalue weighted by atomic mass is 10.0. The minimum atomic E-state index is -1.03. The molecule has 0 heterocycles. The quantitative estimate of drug-likeness (QED) is 0.223. The Bertz CT molecular complexity index is 228. The number of aliphatic hydroxyl groups is 1. The first-order chi connectivity index (χ1) is 11.1. The monoisotopic (exact) mass is 326 g/mol. The predicted octanol–water partition coefficient (Wildman–Crippen LogP) is 6.51. The third-order valence-corrected chi connectivity index (χ3v) is 4.90. The molecule has 0 bridgehead atoms. The molecule has 23 heavy (non-hydrogen) atoms. The molecule has 1 radical (unpaired) electrons. The molecule has 0 aromatic carbocycles. The van der Waals surface area contributed by atoms with Crippen LogP contribution in [0, 0.1) is 6.92 Å². The number of nitrogens with two attached hydrogens (primary N) is 1. The Kier molecular flexibility index (Phi) is 16.7. The Morgan fingerprint density at radius 1 is 0.652 bits per heavy atom. The van der Waals surface area contributed by atoms with E-state index in [9.17, 15) is 5.11 Å². The zero-order chi connectivity index (χ0) is 17.2. The largest absolute Gasteiger partial charge is 0.376 e. The van der Waals surface area contributed by atoms with E-state index in [0.717, 1.165) is 6.42 Å². The highest BCUT2D eigenvalue weighted by Gasteiger charge is 2.16. The Hall–Kier alpha value is -0.0800. The molecule has 2 heteroatoms. The highest BCUT2D eigenvalue weighted by Crippen LogP contribution is 2.16. The molecule has 0 aliphatic rings. The minimum absolute atomic E-state index is 0.408. The molecule has 2 nitrogen and oxygen atoms in total. The van der Waals surface area contributed by atoms with E-state index in [2.05, 4.69) is 13.8 Å². The normalized spacial score (nSPS) is 14.1. The van der Waals surface area contributed by atoms with Crippen LogP contribution in [0.3, 0.4) is 0 Å². The Morgan fingerprint density at radius 2 is 0.957 bits per heavy atom. The minimum Gasteiger partial charge on any atom is -0.376 e. The lowest BCUT2D eigenvalue weighted by Crippen LogP contribution is -2.38. The van der Waals surface area contributed by atoms with E-state index in [4.69, 9.17) is 5.73 Å². The number of rotatable bonds is 18. The van der Waals surface area contributed by atoms with Gasteiger partial charge in [-0.1, -0.05) is 103 Å². The molecule has 0 aromatic heterocycles. The van der Waals surface area contributed by atoms with Crippen molar-refractivity contribution < 1.29 is 5.11 Å². The second kappa shape index (κ2) is 16.8. The summed E-state index contributed by atoms with van der Waals surface area (Å²) in [4.78, 5) is 0. The van der Waals surface area contributed by atoms with Crippen LogP contribution in [-0.2, 0) is 0 Å². The zero-order valence-electron chi connectivity index (χ0n) is 16.0. The average molecular weight is 327 g/mol. The molecule has 0 saturated heterocycles. The number of hydrogen-bond acceptors (Lipinski definition) is 2. The molecule has 0 rings (SSSR count). The lowest BCUT2D eigenvalue weighted by Gasteiger charge is -2.20. The van der Waals surface area contributed by atoms with Crippen LogP contribution in [0.4, 0.5) is 0 Å². The Labute approximate surface area is 146 Å². The molecule has 0 aliphatic heterocycles. The fraction of sp³-hybridized carbons (Fsp3) is 0.952. The fourth-order valence-electron chi connectivity index (χ4n) is 3.10. The molecule has 1 atom stereocenters. The van der Waals surface area contributed by atoms with Crippen molar-refractivity contribution in [3.8, 4) is 0 Å². The molecule has 0 saturated carbocycles. The van der Waals surface area contributed by atoms with Crippen LogP contribution in [0.2, 0.25) is 0 Å². The zero-order valence-corrected chi connectivity index (χ0v) is 16.0. The second-order valence-electron chi connectivity index (χ2n) is 7.41. The summed E-state index contributed by atoms with van der Waals surface area (Å²) in [6.07, 6.45) is 23.0. The van der Waals surface area contributed by atoms with Gasteiger partial charge in [-0.05, 0) is 26.2 Å². The van der Waals surface area contributed by atoms with E-state index >= 15 is 0 Å². The van der Waals surface area contributed by atoms with Gasteiger partial charge in [0.2, 0.25) is 0 Å². The number of unbranched alkanes of at least 4 members (excludes halogenated alkanes) is 15. The van der Waals surface area contributed by atoms with Crippen molar-refractivity contribution in [2.45, 2.75) is 128 Å². The van der Waals surface area contributed by atoms with Gasteiger partial charge in [-0.2, -0.15) is 0 Å². The number of hydrogen-bond donors (Lipinski definition) is 2. The second-order valence-corrected chi connectivity index (χ2v) is 7.41. The summed E-state index contributed by atoms with van der Waals surface area (Å²) >= 11 is 0. The van der Waals surface area contributed by atoms with E-state index in [0.29, 0.717) is 12.8 Å². The van der Waals surface area contributed by atoms with Gasteiger partial charge in [0.1, 0.15) is 5.72 Å². The third-order valence-electron chi connectivity index (χ3n) is 4.90. The summed E-state index contributed by atoms with van der Waals surface area (Å²) in [5.41, 5.74) is 4.64. The van der Waals surface area contributed by atoms with Gasteiger partial charge in [-0.25, -0.2) is 0 Å². The third kappa shape index (κ3) is 18.1. The summed E-state index contributed by atoms with van der Waals surface area (Å²) < 4.78 is 0. The predicted molar refractivity (Wildman–Crippen MR) is 103 cm³/mol. The van der Waals surface area contributed by atoms with Crippen molar-refractivity contribution >= 4 is 0 Å². The first-order valence-electron chi connectivity index (χ1n) is 10.4. The average Bonchev–Trinajstić information content (AvgIpc) is 2.54. The van der Waals surface area contributed by atoms with Crippen molar-refractivity contribution in [2.24, 2.45) is 5.73 Å². The van der Waals surface area contributed by atoms with Crippen LogP contribution >= 0.6 is 0 Å². The molecule has 0 fully saturated rings. The molecule has 0 aliphatic carbocycles. The maximum absolute atomic E-state index is 9.65. The summed E-state index contributed by atoms with van der Waals surface area (Å²) in [5, 5.41) is 9.65. The molecule has 139 valence electrons. The van der Waals surface area contributed by atoms with E-state index in [-0.39, 0.29) is 0 Å². The first kappa shape index (κ1) is 22.9. The smallest absolute Gasteiger partial charge is 0.113 e. The topological polar surface area (TPSA) is 46.2 Å². The van der Waals surface area contributed by atoms with Gasteiger partial charge in [0.05, 0.1) is 0 Å². The summed E-state index contributed by atoms with van der Waals surface area (Å²) in [7, 11) is 0. The molecule has 0 aromatic rings. The van der Waals surface area contributed by atoms with Gasteiger partial charge in [-0.3, -0.25) is 0 Å². The van der Waals surface area contributed by atoms with Crippen molar-refractivity contribution in [2.75, 3.05) is 0 Å². The lowest BCUT2D eigenvalue weighted by molar-refractivity contribution is 0.0376. The molecule has 3 N–H and O–H groups in total. The SMILES string of the molecule is [CH2]CC(N)(O)CCCCCCCCCCCCCCCCCC. The van der Waals surface area contributed by atoms with Gasteiger partial charge in [0, 0.05) is 0 Å². The van der Waals surface area contributed by atoms with Gasteiger partial charge in [0.25, 0.3) is 0 Å². The first-order valence-corrected chi connectivity index (χ1v) is 10.4. The van der Waals surface area contributed by atoms with Gasteiger partial charge in [-0.15, -0.1) is 0 Å². The van der Waals surface area contributed by atoms with Gasteiger partial charge in [0.15, 0.2) is 0 Å². The highest BCUT2D eigenvalue weighted by atomic mass is 16.3. The van der Waals surface area contributed by atoms with E-state index in [1.807, 2.05) is 0 Å². The van der Waals surface area contributed by atoms with E-state index < -0.39 is 5.72 Å². The Morgan fingerprint density at radius 3 is 1.26 bits per heavy atom. The summed E-state index contributed by atoms with van der Waals surface area (Å²) in [5.74, 6) is 0. The molecule has 0 spiro atoms. The maximum Gasteiger partial charge on any atom is 0.113 e. The van der Waals surface area contributed by atoms with Crippen LogP contribution in [0.1, 0.15) is 122 Å². The van der Waals surface area contributed by atoms with Crippen LogP contribution in [0.15, 0.2) is 0 Å². The highest BCUT2D eigenvalue weighted by molar-refractivity contribution is 4.71. The molecule has 0 amide bonds. The summed E-state index contributed by atoms with van der Waals surface area (Å²) in [6.45, 7) is 5.96. The van der Waals surface area contributed by atoms with Crippen molar-refractivity contribution in [3.63, 3.8) is 0 Å². The molecular formula is C21H44NO. The van der Waals surface area contributed by atoms with Crippen LogP contribution < -0.4 is 5.73 Å². The van der Waals surface area contributed by atoms with Crippen LogP contribution in [-0.4, -0.2) is 10.8 Å². The fourth-order valence-corrected chi connectivity index (χ4v) is 3.10. The Balaban J connectivity index is 3.05. The van der Waals surface area contributed by atoms with Gasteiger partial charge < -0.3 is 10.8 Å². The molecular weight excluding hydrogens is 282 g/mol. The van der Waals surface area contributed by atoms with Crippen LogP contribution in [0.25, 0.3) is 0 Å². The van der Waals surface area contributed by atoms with Crippen molar-refractivity contribution in [1.29, 1.82) is 0 Å². The maximum atomic E-state index is 9.65. The van der Waals surface area contributed by atoms with Crippen molar-refractivity contribution in [3.05, 3.63) is 6.92 Å². The standard InChI is InChI=1S/C21H44NO/c1-3-5-6-7-8-9-10-11-12-13-14-15-16-17-18-19-20-21(22,23)4-2/h23H,2-20,22H2,1H3. The van der Waals surface area contributed by atoms with E-state index in [1.165, 1.54) is 96.3 Å². The van der Waals surface area contributed by atoms with Crippen molar-refractivity contribution in [1.82, 2.24) is 0 Å².